The molecule has 2 amide bonds. The van der Waals surface area contributed by atoms with Gasteiger partial charge in [-0.15, -0.1) is 0 Å². The summed E-state index contributed by atoms with van der Waals surface area (Å²) in [5.74, 6) is -0.790. The maximum absolute atomic E-state index is 12.2. The first-order valence-corrected chi connectivity index (χ1v) is 7.53. The molecule has 2 fully saturated rings. The zero-order chi connectivity index (χ0) is 14.9. The number of likely N-dealkylation sites (tertiary alicyclic amines) is 1. The molecule has 2 aliphatic rings. The molecule has 1 aromatic carbocycles. The molecule has 0 spiro atoms. The number of nitrogens with two attached hydrogens (primary N) is 1. The predicted octanol–water partition coefficient (Wildman–Crippen LogP) is 1.49. The minimum Gasteiger partial charge on any atom is -0.369 e. The smallest absolute Gasteiger partial charge is 0.240 e. The molecular weight excluding hydrogens is 266 g/mol. The summed E-state index contributed by atoms with van der Waals surface area (Å²) in [6, 6.07) is 7.83. The summed E-state index contributed by atoms with van der Waals surface area (Å²) in [6.07, 6.45) is 3.64. The number of nitrogens with zero attached hydrogens (tertiary/aromatic N) is 1. The van der Waals surface area contributed by atoms with Crippen LogP contribution in [0.3, 0.4) is 0 Å². The van der Waals surface area contributed by atoms with Crippen LogP contribution >= 0.6 is 0 Å². The van der Waals surface area contributed by atoms with Gasteiger partial charge < -0.3 is 11.1 Å². The van der Waals surface area contributed by atoms with Gasteiger partial charge in [0, 0.05) is 12.2 Å². The van der Waals surface area contributed by atoms with Gasteiger partial charge in [0.25, 0.3) is 0 Å². The van der Waals surface area contributed by atoms with Crippen LogP contribution in [0, 0.1) is 5.41 Å². The van der Waals surface area contributed by atoms with Gasteiger partial charge in [0.1, 0.15) is 5.41 Å². The van der Waals surface area contributed by atoms with Gasteiger partial charge in [-0.25, -0.2) is 0 Å². The third kappa shape index (κ3) is 2.93. The molecule has 0 aromatic heterocycles. The van der Waals surface area contributed by atoms with Gasteiger partial charge in [-0.3, -0.25) is 14.5 Å². The van der Waals surface area contributed by atoms with Crippen LogP contribution < -0.4 is 11.1 Å². The molecule has 1 aromatic rings. The van der Waals surface area contributed by atoms with Crippen molar-refractivity contribution >= 4 is 17.5 Å². The molecular formula is C16H21N3O2. The first-order chi connectivity index (χ1) is 10.1. The van der Waals surface area contributed by atoms with Crippen molar-refractivity contribution in [3.8, 4) is 0 Å². The summed E-state index contributed by atoms with van der Waals surface area (Å²) < 4.78 is 0. The largest absolute Gasteiger partial charge is 0.369 e. The SMILES string of the molecule is NC(=O)C1(C(=O)Nc2cccc(CN3CCCC3)c2)CC1. The van der Waals surface area contributed by atoms with Crippen LogP contribution in [0.25, 0.3) is 0 Å². The Balaban J connectivity index is 1.65. The maximum Gasteiger partial charge on any atom is 0.240 e. The van der Waals surface area contributed by atoms with Crippen molar-refractivity contribution in [1.82, 2.24) is 4.90 Å². The van der Waals surface area contributed by atoms with E-state index in [4.69, 9.17) is 5.73 Å². The second-order valence-corrected chi connectivity index (χ2v) is 6.08. The highest BCUT2D eigenvalue weighted by Crippen LogP contribution is 2.46. The number of carbonyl (C=O) groups is 2. The van der Waals surface area contributed by atoms with E-state index in [1.165, 1.54) is 18.4 Å². The summed E-state index contributed by atoms with van der Waals surface area (Å²) in [7, 11) is 0. The van der Waals surface area contributed by atoms with Crippen LogP contribution in [0.5, 0.6) is 0 Å². The highest BCUT2D eigenvalue weighted by Gasteiger charge is 2.55. The van der Waals surface area contributed by atoms with Gasteiger partial charge in [-0.1, -0.05) is 12.1 Å². The van der Waals surface area contributed by atoms with E-state index in [2.05, 4.69) is 16.3 Å². The fourth-order valence-corrected chi connectivity index (χ4v) is 2.91. The number of amides is 2. The lowest BCUT2D eigenvalue weighted by atomic mass is 10.1. The van der Waals surface area contributed by atoms with Crippen LogP contribution in [0.1, 0.15) is 31.2 Å². The number of primary amides is 1. The normalized spacial score (nSPS) is 20.2. The van der Waals surface area contributed by atoms with Crippen molar-refractivity contribution < 1.29 is 9.59 Å². The first kappa shape index (κ1) is 14.1. The van der Waals surface area contributed by atoms with E-state index in [0.29, 0.717) is 12.8 Å². The summed E-state index contributed by atoms with van der Waals surface area (Å²) in [5, 5.41) is 2.83. The van der Waals surface area contributed by atoms with E-state index in [1.807, 2.05) is 18.2 Å². The number of hydrogen-bond acceptors (Lipinski definition) is 3. The second kappa shape index (κ2) is 5.48. The van der Waals surface area contributed by atoms with Crippen LogP contribution in [-0.2, 0) is 16.1 Å². The number of anilines is 1. The average molecular weight is 287 g/mol. The average Bonchev–Trinajstić information content (AvgIpc) is 3.13. The topological polar surface area (TPSA) is 75.4 Å². The molecule has 5 heteroatoms. The Kier molecular flexibility index (Phi) is 3.68. The molecule has 1 heterocycles. The van der Waals surface area contributed by atoms with E-state index >= 15 is 0 Å². The number of nitrogens with one attached hydrogen (secondary N) is 1. The van der Waals surface area contributed by atoms with Crippen molar-refractivity contribution in [2.24, 2.45) is 11.1 Å². The van der Waals surface area contributed by atoms with Crippen LogP contribution in [-0.4, -0.2) is 29.8 Å². The van der Waals surface area contributed by atoms with E-state index in [-0.39, 0.29) is 5.91 Å². The van der Waals surface area contributed by atoms with Gasteiger partial charge >= 0.3 is 0 Å². The number of carbonyl (C=O) groups excluding carboxylic acids is 2. The molecule has 1 aliphatic carbocycles. The third-order valence-electron chi connectivity index (χ3n) is 4.45. The molecule has 5 nitrogen and oxygen atoms in total. The number of benzene rings is 1. The van der Waals surface area contributed by atoms with E-state index < -0.39 is 11.3 Å². The number of hydrogen-bond donors (Lipinski definition) is 2. The molecule has 3 N–H and O–H groups in total. The Morgan fingerprint density at radius 3 is 2.57 bits per heavy atom. The standard InChI is InChI=1S/C16H21N3O2/c17-14(20)16(6-7-16)15(21)18-13-5-3-4-12(10-13)11-19-8-1-2-9-19/h3-5,10H,1-2,6-9,11H2,(H2,17,20)(H,18,21). The lowest BCUT2D eigenvalue weighted by Crippen LogP contribution is -2.36. The van der Waals surface area contributed by atoms with Gasteiger partial charge in [0.05, 0.1) is 0 Å². The van der Waals surface area contributed by atoms with Crippen molar-refractivity contribution in [1.29, 1.82) is 0 Å². The van der Waals surface area contributed by atoms with Gasteiger partial charge in [0.15, 0.2) is 0 Å². The summed E-state index contributed by atoms with van der Waals surface area (Å²) >= 11 is 0. The lowest BCUT2D eigenvalue weighted by Gasteiger charge is -2.16. The molecule has 3 rings (SSSR count). The van der Waals surface area contributed by atoms with Crippen LogP contribution in [0.15, 0.2) is 24.3 Å². The highest BCUT2D eigenvalue weighted by atomic mass is 16.2. The van der Waals surface area contributed by atoms with Crippen LogP contribution in [0.2, 0.25) is 0 Å². The maximum atomic E-state index is 12.2. The van der Waals surface area contributed by atoms with E-state index in [1.54, 1.807) is 0 Å². The fourth-order valence-electron chi connectivity index (χ4n) is 2.91. The summed E-state index contributed by atoms with van der Waals surface area (Å²) in [5.41, 5.74) is 6.27. The quantitative estimate of drug-likeness (QED) is 0.806. The molecule has 0 unspecified atom stereocenters. The van der Waals surface area contributed by atoms with Gasteiger partial charge in [-0.05, 0) is 56.5 Å². The second-order valence-electron chi connectivity index (χ2n) is 6.08. The van der Waals surface area contributed by atoms with E-state index in [9.17, 15) is 9.59 Å². The third-order valence-corrected chi connectivity index (χ3v) is 4.45. The lowest BCUT2D eigenvalue weighted by molar-refractivity contribution is -0.132. The number of rotatable bonds is 5. The molecule has 1 aliphatic heterocycles. The van der Waals surface area contributed by atoms with Crippen LogP contribution in [0.4, 0.5) is 5.69 Å². The Morgan fingerprint density at radius 1 is 1.24 bits per heavy atom. The Morgan fingerprint density at radius 2 is 1.95 bits per heavy atom. The molecule has 1 saturated heterocycles. The Bertz CT molecular complexity index is 560. The molecule has 0 atom stereocenters. The summed E-state index contributed by atoms with van der Waals surface area (Å²) in [4.78, 5) is 25.9. The monoisotopic (exact) mass is 287 g/mol. The highest BCUT2D eigenvalue weighted by molar-refractivity contribution is 6.12. The van der Waals surface area contributed by atoms with Gasteiger partial charge in [0.2, 0.25) is 11.8 Å². The first-order valence-electron chi connectivity index (χ1n) is 7.53. The van der Waals surface area contributed by atoms with Crippen molar-refractivity contribution in [3.63, 3.8) is 0 Å². The Hall–Kier alpha value is -1.88. The zero-order valence-corrected chi connectivity index (χ0v) is 12.1. The van der Waals surface area contributed by atoms with Crippen molar-refractivity contribution in [3.05, 3.63) is 29.8 Å². The predicted molar refractivity (Wildman–Crippen MR) is 80.4 cm³/mol. The minimum atomic E-state index is -0.967. The molecule has 21 heavy (non-hydrogen) atoms. The molecule has 0 bridgehead atoms. The van der Waals surface area contributed by atoms with Gasteiger partial charge in [-0.2, -0.15) is 0 Å². The summed E-state index contributed by atoms with van der Waals surface area (Å²) in [6.45, 7) is 3.19. The molecule has 112 valence electrons. The van der Waals surface area contributed by atoms with Crippen molar-refractivity contribution in [2.75, 3.05) is 18.4 Å². The minimum absolute atomic E-state index is 0.270. The fraction of sp³-hybridized carbons (Fsp3) is 0.500. The van der Waals surface area contributed by atoms with E-state index in [0.717, 1.165) is 25.3 Å². The van der Waals surface area contributed by atoms with Crippen molar-refractivity contribution in [2.45, 2.75) is 32.2 Å². The molecule has 1 saturated carbocycles. The molecule has 0 radical (unpaired) electrons. The Labute approximate surface area is 124 Å². The zero-order valence-electron chi connectivity index (χ0n) is 12.1.